The Labute approximate surface area is 290 Å². The molecule has 0 aromatic carbocycles. The van der Waals surface area contributed by atoms with Crippen LogP contribution < -0.4 is 0 Å². The number of hydrogen-bond donors (Lipinski definition) is 1. The van der Waals surface area contributed by atoms with Crippen LogP contribution in [0.25, 0.3) is 0 Å². The van der Waals surface area contributed by atoms with Gasteiger partial charge in [0.25, 0.3) is 0 Å². The Morgan fingerprint density at radius 2 is 0.804 bits per heavy atom. The van der Waals surface area contributed by atoms with Gasteiger partial charge < -0.3 is 5.11 Å². The molecular formula is C44H84O2. The molecule has 0 aliphatic carbocycles. The Balaban J connectivity index is 3.22. The lowest BCUT2D eigenvalue weighted by Crippen LogP contribution is -2.05. The van der Waals surface area contributed by atoms with E-state index in [1.807, 2.05) is 13.0 Å². The molecule has 46 heavy (non-hydrogen) atoms. The first kappa shape index (κ1) is 45.1. The monoisotopic (exact) mass is 645 g/mol. The Morgan fingerprint density at radius 3 is 1.13 bits per heavy atom. The quantitative estimate of drug-likeness (QED) is 0.0411. The van der Waals surface area contributed by atoms with Crippen molar-refractivity contribution in [3.63, 3.8) is 0 Å². The summed E-state index contributed by atoms with van der Waals surface area (Å²) < 4.78 is 0. The number of allylic oxidation sites excluding steroid dienone is 3. The van der Waals surface area contributed by atoms with Gasteiger partial charge in [0.1, 0.15) is 0 Å². The first-order valence-electron chi connectivity index (χ1n) is 21.1. The first-order valence-corrected chi connectivity index (χ1v) is 21.1. The van der Waals surface area contributed by atoms with E-state index in [2.05, 4.69) is 13.5 Å². The van der Waals surface area contributed by atoms with E-state index in [0.717, 1.165) is 32.1 Å². The van der Waals surface area contributed by atoms with Gasteiger partial charge in [-0.15, -0.1) is 6.58 Å². The van der Waals surface area contributed by atoms with Crippen LogP contribution in [0.15, 0.2) is 24.3 Å². The maximum absolute atomic E-state index is 11.9. The summed E-state index contributed by atoms with van der Waals surface area (Å²) in [6.45, 7) is 8.23. The zero-order valence-corrected chi connectivity index (χ0v) is 31.8. The lowest BCUT2D eigenvalue weighted by atomic mass is 10.0. The van der Waals surface area contributed by atoms with Gasteiger partial charge in [-0.1, -0.05) is 211 Å². The van der Waals surface area contributed by atoms with Crippen molar-refractivity contribution in [2.75, 3.05) is 0 Å². The van der Waals surface area contributed by atoms with Crippen LogP contribution in [-0.4, -0.2) is 17.0 Å². The van der Waals surface area contributed by atoms with Gasteiger partial charge in [-0.25, -0.2) is 0 Å². The highest BCUT2D eigenvalue weighted by atomic mass is 16.3. The van der Waals surface area contributed by atoms with Gasteiger partial charge in [-0.3, -0.25) is 4.79 Å². The van der Waals surface area contributed by atoms with Crippen molar-refractivity contribution in [3.8, 4) is 0 Å². The summed E-state index contributed by atoms with van der Waals surface area (Å²) >= 11 is 0. The van der Waals surface area contributed by atoms with E-state index in [1.165, 1.54) is 198 Å². The van der Waals surface area contributed by atoms with Crippen LogP contribution in [-0.2, 0) is 4.79 Å². The number of aliphatic hydroxyl groups excluding tert-OH is 1. The lowest BCUT2D eigenvalue weighted by molar-refractivity contribution is -0.114. The van der Waals surface area contributed by atoms with E-state index >= 15 is 0 Å². The molecule has 0 aliphatic rings. The third-order valence-corrected chi connectivity index (χ3v) is 9.89. The summed E-state index contributed by atoms with van der Waals surface area (Å²) in [6, 6.07) is 0. The maximum atomic E-state index is 11.9. The second-order valence-corrected chi connectivity index (χ2v) is 15.0. The molecule has 0 radical (unpaired) electrons. The molecule has 0 fully saturated rings. The molecule has 0 spiro atoms. The fourth-order valence-electron chi connectivity index (χ4n) is 6.68. The minimum absolute atomic E-state index is 0.0663. The fourth-order valence-corrected chi connectivity index (χ4v) is 6.68. The van der Waals surface area contributed by atoms with Gasteiger partial charge in [-0.2, -0.15) is 0 Å². The highest BCUT2D eigenvalue weighted by molar-refractivity contribution is 5.89. The minimum Gasteiger partial charge on any atom is -0.393 e. The van der Waals surface area contributed by atoms with Crippen molar-refractivity contribution >= 4 is 5.78 Å². The summed E-state index contributed by atoms with van der Waals surface area (Å²) in [4.78, 5) is 11.9. The molecule has 0 aliphatic heterocycles. The summed E-state index contributed by atoms with van der Waals surface area (Å²) in [5, 5.41) is 10.3. The molecule has 1 unspecified atom stereocenters. The van der Waals surface area contributed by atoms with Gasteiger partial charge in [-0.05, 0) is 45.1 Å². The topological polar surface area (TPSA) is 37.3 Å². The Kier molecular flexibility index (Phi) is 37.8. The predicted molar refractivity (Wildman–Crippen MR) is 207 cm³/mol. The third-order valence-electron chi connectivity index (χ3n) is 9.89. The van der Waals surface area contributed by atoms with E-state index in [0.29, 0.717) is 6.42 Å². The smallest absolute Gasteiger partial charge is 0.155 e. The van der Waals surface area contributed by atoms with Crippen molar-refractivity contribution < 1.29 is 9.90 Å². The average Bonchev–Trinajstić information content (AvgIpc) is 3.04. The summed E-state index contributed by atoms with van der Waals surface area (Å²) in [7, 11) is 0. The number of ketones is 1. The average molecular weight is 645 g/mol. The van der Waals surface area contributed by atoms with Gasteiger partial charge in [0, 0.05) is 6.42 Å². The predicted octanol–water partition coefficient (Wildman–Crippen LogP) is 15.1. The largest absolute Gasteiger partial charge is 0.393 e. The molecule has 0 bridgehead atoms. The Morgan fingerprint density at radius 1 is 0.500 bits per heavy atom. The van der Waals surface area contributed by atoms with Crippen LogP contribution in [0.5, 0.6) is 0 Å². The second-order valence-electron chi connectivity index (χ2n) is 15.0. The normalized spacial score (nSPS) is 12.3. The zero-order chi connectivity index (χ0) is 33.6. The summed E-state index contributed by atoms with van der Waals surface area (Å²) in [5.41, 5.74) is 1.18. The minimum atomic E-state index is -0.0663. The molecule has 2 nitrogen and oxygen atoms in total. The zero-order valence-electron chi connectivity index (χ0n) is 31.8. The molecule has 0 saturated heterocycles. The number of carbonyl (C=O) groups is 1. The number of hydrogen-bond acceptors (Lipinski definition) is 2. The summed E-state index contributed by atoms with van der Waals surface area (Å²) in [5.74, 6) is 0.283. The Hall–Kier alpha value is -0.890. The molecule has 0 rings (SSSR count). The van der Waals surface area contributed by atoms with Crippen molar-refractivity contribution in [3.05, 3.63) is 24.3 Å². The standard InChI is InChI=1S/C44H84O2/c1-4-5-6-7-8-9-10-11-12-13-14-15-16-17-18-20-23-26-29-32-38-43(45)39-33-30-27-24-21-19-22-25-28-31-34-40-44(46)41-36-35-37-42(2)3/h36,41,43,45H,2,4-35,37-40H2,1,3H3. The molecule has 0 aromatic heterocycles. The molecule has 272 valence electrons. The Bertz CT molecular complexity index is 650. The van der Waals surface area contributed by atoms with Gasteiger partial charge in [0.2, 0.25) is 0 Å². The highest BCUT2D eigenvalue weighted by Crippen LogP contribution is 2.17. The van der Waals surface area contributed by atoms with E-state index in [1.54, 1.807) is 6.08 Å². The third kappa shape index (κ3) is 39.3. The summed E-state index contributed by atoms with van der Waals surface area (Å²) in [6.07, 6.45) is 50.8. The second kappa shape index (κ2) is 38.6. The molecule has 0 aromatic rings. The number of unbranched alkanes of at least 4 members (excludes halogenated alkanes) is 29. The number of carbonyl (C=O) groups excluding carboxylic acids is 1. The lowest BCUT2D eigenvalue weighted by Gasteiger charge is -2.10. The fraction of sp³-hybridized carbons (Fsp3) is 0.886. The van der Waals surface area contributed by atoms with Crippen LogP contribution in [0.1, 0.15) is 245 Å². The molecule has 0 heterocycles. The van der Waals surface area contributed by atoms with Crippen LogP contribution in [0.3, 0.4) is 0 Å². The van der Waals surface area contributed by atoms with Crippen molar-refractivity contribution in [1.82, 2.24) is 0 Å². The molecule has 0 saturated carbocycles. The number of aliphatic hydroxyl groups is 1. The van der Waals surface area contributed by atoms with E-state index in [-0.39, 0.29) is 11.9 Å². The number of rotatable bonds is 39. The van der Waals surface area contributed by atoms with E-state index in [4.69, 9.17) is 0 Å². The van der Waals surface area contributed by atoms with Crippen LogP contribution in [0.2, 0.25) is 0 Å². The molecule has 1 atom stereocenters. The SMILES string of the molecule is C=C(C)CCC=CC(=O)CCCCCCCCCCCCCC(O)CCCCCCCCCCCCCCCCCCCCCC. The van der Waals surface area contributed by atoms with Crippen molar-refractivity contribution in [1.29, 1.82) is 0 Å². The van der Waals surface area contributed by atoms with Gasteiger partial charge in [0.05, 0.1) is 6.10 Å². The van der Waals surface area contributed by atoms with Gasteiger partial charge in [0.15, 0.2) is 5.78 Å². The van der Waals surface area contributed by atoms with E-state index < -0.39 is 0 Å². The van der Waals surface area contributed by atoms with Crippen LogP contribution in [0.4, 0.5) is 0 Å². The van der Waals surface area contributed by atoms with Gasteiger partial charge >= 0.3 is 0 Å². The van der Waals surface area contributed by atoms with Crippen molar-refractivity contribution in [2.24, 2.45) is 0 Å². The van der Waals surface area contributed by atoms with E-state index in [9.17, 15) is 9.90 Å². The maximum Gasteiger partial charge on any atom is 0.155 e. The van der Waals surface area contributed by atoms with Crippen LogP contribution in [0, 0.1) is 0 Å². The van der Waals surface area contributed by atoms with Crippen LogP contribution >= 0.6 is 0 Å². The van der Waals surface area contributed by atoms with Crippen molar-refractivity contribution in [2.45, 2.75) is 251 Å². The highest BCUT2D eigenvalue weighted by Gasteiger charge is 2.04. The molecule has 1 N–H and O–H groups in total. The first-order chi connectivity index (χ1) is 22.6. The molecule has 0 amide bonds. The molecule has 2 heteroatoms. The molecular weight excluding hydrogens is 560 g/mol.